The lowest BCUT2D eigenvalue weighted by Gasteiger charge is -2.34. The molecule has 0 bridgehead atoms. The van der Waals surface area contributed by atoms with Crippen LogP contribution in [0, 0.1) is 5.92 Å². The van der Waals surface area contributed by atoms with Crippen LogP contribution in [0.25, 0.3) is 0 Å². The van der Waals surface area contributed by atoms with Gasteiger partial charge in [0, 0.05) is 36.8 Å². The van der Waals surface area contributed by atoms with E-state index in [9.17, 15) is 9.59 Å². The number of hydrogen-bond donors (Lipinski definition) is 2. The highest BCUT2D eigenvalue weighted by atomic mass is 35.5. The molecule has 2 amide bonds. The SMILES string of the molecule is CC1CCCN(c2ccccc2CNC(=O)CC(C(N)=O)c2ccc(Cl)cc2)C1. The highest BCUT2D eigenvalue weighted by Crippen LogP contribution is 2.26. The van der Waals surface area contributed by atoms with Gasteiger partial charge in [0.05, 0.1) is 5.92 Å². The van der Waals surface area contributed by atoms with Crippen molar-refractivity contribution in [3.63, 3.8) is 0 Å². The van der Waals surface area contributed by atoms with Crippen molar-refractivity contribution in [2.45, 2.75) is 38.6 Å². The minimum atomic E-state index is -0.676. The fourth-order valence-electron chi connectivity index (χ4n) is 3.91. The third kappa shape index (κ3) is 5.73. The maximum atomic E-state index is 12.6. The van der Waals surface area contributed by atoms with Gasteiger partial charge in [0.25, 0.3) is 0 Å². The van der Waals surface area contributed by atoms with Gasteiger partial charge in [0.15, 0.2) is 0 Å². The quantitative estimate of drug-likeness (QED) is 0.723. The molecule has 29 heavy (non-hydrogen) atoms. The lowest BCUT2D eigenvalue weighted by molar-refractivity contribution is -0.126. The second-order valence-electron chi connectivity index (χ2n) is 7.81. The van der Waals surface area contributed by atoms with Gasteiger partial charge in [-0.05, 0) is 48.1 Å². The van der Waals surface area contributed by atoms with Crippen molar-refractivity contribution in [2.75, 3.05) is 18.0 Å². The number of anilines is 1. The van der Waals surface area contributed by atoms with E-state index < -0.39 is 11.8 Å². The number of rotatable bonds is 7. The average molecular weight is 414 g/mol. The molecule has 2 aromatic rings. The minimum Gasteiger partial charge on any atom is -0.371 e. The van der Waals surface area contributed by atoms with Crippen molar-refractivity contribution in [2.24, 2.45) is 11.7 Å². The molecule has 0 radical (unpaired) electrons. The highest BCUT2D eigenvalue weighted by molar-refractivity contribution is 6.30. The minimum absolute atomic E-state index is 0.0138. The van der Waals surface area contributed by atoms with Crippen LogP contribution in [0.2, 0.25) is 5.02 Å². The number of nitrogens with two attached hydrogens (primary N) is 1. The van der Waals surface area contributed by atoms with Gasteiger partial charge >= 0.3 is 0 Å². The largest absolute Gasteiger partial charge is 0.371 e. The van der Waals surface area contributed by atoms with Crippen LogP contribution in [0.1, 0.15) is 43.2 Å². The van der Waals surface area contributed by atoms with Gasteiger partial charge in [-0.15, -0.1) is 0 Å². The Morgan fingerprint density at radius 2 is 1.93 bits per heavy atom. The van der Waals surface area contributed by atoms with Gasteiger partial charge in [0.1, 0.15) is 0 Å². The summed E-state index contributed by atoms with van der Waals surface area (Å²) in [5, 5.41) is 3.53. The van der Waals surface area contributed by atoms with Crippen LogP contribution in [0.15, 0.2) is 48.5 Å². The summed E-state index contributed by atoms with van der Waals surface area (Å²) in [4.78, 5) is 26.8. The van der Waals surface area contributed by atoms with Crippen molar-refractivity contribution in [1.82, 2.24) is 5.32 Å². The number of para-hydroxylation sites is 1. The number of nitrogens with one attached hydrogen (secondary N) is 1. The number of piperidine rings is 1. The van der Waals surface area contributed by atoms with E-state index in [-0.39, 0.29) is 12.3 Å². The number of carbonyl (C=O) groups is 2. The van der Waals surface area contributed by atoms with Crippen molar-refractivity contribution < 1.29 is 9.59 Å². The second-order valence-corrected chi connectivity index (χ2v) is 8.25. The first-order valence-electron chi connectivity index (χ1n) is 10.1. The zero-order valence-corrected chi connectivity index (χ0v) is 17.5. The molecule has 6 heteroatoms. The first-order valence-corrected chi connectivity index (χ1v) is 10.5. The van der Waals surface area contributed by atoms with Gasteiger partial charge in [-0.25, -0.2) is 0 Å². The fraction of sp³-hybridized carbons (Fsp3) is 0.391. The van der Waals surface area contributed by atoms with Gasteiger partial charge in [0.2, 0.25) is 11.8 Å². The lowest BCUT2D eigenvalue weighted by Crippen LogP contribution is -2.35. The summed E-state index contributed by atoms with van der Waals surface area (Å²) in [5.41, 5.74) is 8.48. The zero-order valence-electron chi connectivity index (χ0n) is 16.7. The second kappa shape index (κ2) is 9.79. The normalized spacial score (nSPS) is 17.6. The third-order valence-corrected chi connectivity index (χ3v) is 5.72. The van der Waals surface area contributed by atoms with E-state index in [1.165, 1.54) is 18.5 Å². The number of carbonyl (C=O) groups excluding carboxylic acids is 2. The summed E-state index contributed by atoms with van der Waals surface area (Å²) in [6, 6.07) is 15.0. The standard InChI is InChI=1S/C23H28ClN3O2/c1-16-5-4-12-27(15-16)21-7-3-2-6-18(21)14-26-22(28)13-20(23(25)29)17-8-10-19(24)11-9-17/h2-3,6-11,16,20H,4-5,12-15H2,1H3,(H2,25,29)(H,26,28). The van der Waals surface area contributed by atoms with Gasteiger partial charge in [-0.3, -0.25) is 9.59 Å². The molecule has 3 N–H and O–H groups in total. The summed E-state index contributed by atoms with van der Waals surface area (Å²) >= 11 is 5.91. The molecule has 1 aliphatic rings. The van der Waals surface area contributed by atoms with Crippen LogP contribution in [-0.4, -0.2) is 24.9 Å². The van der Waals surface area contributed by atoms with Crippen molar-refractivity contribution >= 4 is 29.1 Å². The molecule has 2 atom stereocenters. The highest BCUT2D eigenvalue weighted by Gasteiger charge is 2.22. The molecule has 0 spiro atoms. The fourth-order valence-corrected chi connectivity index (χ4v) is 4.03. The topological polar surface area (TPSA) is 75.4 Å². The molecule has 0 aromatic heterocycles. The first-order chi connectivity index (χ1) is 13.9. The Morgan fingerprint density at radius 3 is 2.62 bits per heavy atom. The van der Waals surface area contributed by atoms with Gasteiger partial charge in [-0.2, -0.15) is 0 Å². The van der Waals surface area contributed by atoms with Crippen LogP contribution < -0.4 is 16.0 Å². The molecule has 2 aromatic carbocycles. The average Bonchev–Trinajstić information content (AvgIpc) is 2.71. The Hall–Kier alpha value is -2.53. The monoisotopic (exact) mass is 413 g/mol. The van der Waals surface area contributed by atoms with Crippen molar-refractivity contribution in [3.05, 3.63) is 64.7 Å². The van der Waals surface area contributed by atoms with E-state index in [1.807, 2.05) is 18.2 Å². The van der Waals surface area contributed by atoms with E-state index in [1.54, 1.807) is 24.3 Å². The Balaban J connectivity index is 1.64. The van der Waals surface area contributed by atoms with Crippen molar-refractivity contribution in [1.29, 1.82) is 0 Å². The smallest absolute Gasteiger partial charge is 0.225 e. The number of benzene rings is 2. The molecule has 3 rings (SSSR count). The van der Waals surface area contributed by atoms with Gasteiger partial charge < -0.3 is 16.0 Å². The first kappa shape index (κ1) is 21.2. The molecule has 1 saturated heterocycles. The summed E-state index contributed by atoms with van der Waals surface area (Å²) < 4.78 is 0. The molecule has 154 valence electrons. The predicted octanol–water partition coefficient (Wildman–Crippen LogP) is 3.85. The molecule has 1 fully saturated rings. The van der Waals surface area contributed by atoms with Crippen LogP contribution in [0.3, 0.4) is 0 Å². The molecular weight excluding hydrogens is 386 g/mol. The summed E-state index contributed by atoms with van der Waals surface area (Å²) in [6.45, 7) is 4.77. The van der Waals surface area contributed by atoms with Gasteiger partial charge in [-0.1, -0.05) is 48.9 Å². The maximum absolute atomic E-state index is 12.6. The molecule has 5 nitrogen and oxygen atoms in total. The summed E-state index contributed by atoms with van der Waals surface area (Å²) in [6.07, 6.45) is 2.46. The molecule has 0 saturated carbocycles. The number of amides is 2. The van der Waals surface area contributed by atoms with E-state index in [0.29, 0.717) is 23.0 Å². The molecule has 1 heterocycles. The van der Waals surface area contributed by atoms with E-state index in [2.05, 4.69) is 23.2 Å². The maximum Gasteiger partial charge on any atom is 0.225 e. The lowest BCUT2D eigenvalue weighted by atomic mass is 9.94. The Bertz CT molecular complexity index is 853. The number of primary amides is 1. The molecule has 1 aliphatic heterocycles. The molecule has 0 aliphatic carbocycles. The Morgan fingerprint density at radius 1 is 1.21 bits per heavy atom. The summed E-state index contributed by atoms with van der Waals surface area (Å²) in [5.74, 6) is -0.733. The molecule has 2 unspecified atom stereocenters. The number of hydrogen-bond acceptors (Lipinski definition) is 3. The van der Waals surface area contributed by atoms with E-state index in [4.69, 9.17) is 17.3 Å². The third-order valence-electron chi connectivity index (χ3n) is 5.47. The van der Waals surface area contributed by atoms with Crippen LogP contribution in [-0.2, 0) is 16.1 Å². The zero-order chi connectivity index (χ0) is 20.8. The van der Waals surface area contributed by atoms with E-state index >= 15 is 0 Å². The molecular formula is C23H28ClN3O2. The van der Waals surface area contributed by atoms with Crippen LogP contribution >= 0.6 is 11.6 Å². The van der Waals surface area contributed by atoms with Crippen molar-refractivity contribution in [3.8, 4) is 0 Å². The number of halogens is 1. The Kier molecular flexibility index (Phi) is 7.15. The number of nitrogens with zero attached hydrogens (tertiary/aromatic N) is 1. The van der Waals surface area contributed by atoms with E-state index in [0.717, 1.165) is 18.7 Å². The Labute approximate surface area is 177 Å². The van der Waals surface area contributed by atoms with Crippen LogP contribution in [0.4, 0.5) is 5.69 Å². The predicted molar refractivity (Wildman–Crippen MR) is 117 cm³/mol. The summed E-state index contributed by atoms with van der Waals surface area (Å²) in [7, 11) is 0. The van der Waals surface area contributed by atoms with Crippen LogP contribution in [0.5, 0.6) is 0 Å².